The molecule has 3 rings (SSSR count). The van der Waals surface area contributed by atoms with Crippen LogP contribution in [0.3, 0.4) is 0 Å². The van der Waals surface area contributed by atoms with Crippen LogP contribution >= 0.6 is 0 Å². The van der Waals surface area contributed by atoms with Crippen LogP contribution in [0.5, 0.6) is 0 Å². The van der Waals surface area contributed by atoms with E-state index in [4.69, 9.17) is 4.52 Å². The minimum Gasteiger partial charge on any atom is -0.367 e. The molecule has 0 aromatic carbocycles. The summed E-state index contributed by atoms with van der Waals surface area (Å²) in [5.74, 6) is 2.49. The summed E-state index contributed by atoms with van der Waals surface area (Å²) in [6.07, 6.45) is 6.92. The maximum Gasteiger partial charge on any atom is 0.228 e. The van der Waals surface area contributed by atoms with Crippen LogP contribution < -0.4 is 15.5 Å². The van der Waals surface area contributed by atoms with Crippen LogP contribution in [0.15, 0.2) is 21.9 Å². The molecule has 0 radical (unpaired) electrons. The van der Waals surface area contributed by atoms with Crippen molar-refractivity contribution in [2.75, 3.05) is 31.6 Å². The molecule has 0 spiro atoms. The van der Waals surface area contributed by atoms with E-state index in [0.29, 0.717) is 24.9 Å². The summed E-state index contributed by atoms with van der Waals surface area (Å²) in [6, 6.07) is 0.348. The second-order valence-electron chi connectivity index (χ2n) is 7.25. The van der Waals surface area contributed by atoms with Gasteiger partial charge in [-0.2, -0.15) is 10.1 Å². The van der Waals surface area contributed by atoms with E-state index in [0.717, 1.165) is 37.7 Å². The largest absolute Gasteiger partial charge is 0.367 e. The van der Waals surface area contributed by atoms with Gasteiger partial charge in [-0.25, -0.2) is 0 Å². The third-order valence-corrected chi connectivity index (χ3v) is 4.67. The molecule has 0 bridgehead atoms. The fourth-order valence-corrected chi connectivity index (χ4v) is 3.18. The molecule has 0 saturated carbocycles. The van der Waals surface area contributed by atoms with Gasteiger partial charge < -0.3 is 20.1 Å². The highest BCUT2D eigenvalue weighted by molar-refractivity contribution is 5.80. The Labute approximate surface area is 160 Å². The van der Waals surface area contributed by atoms with Crippen LogP contribution in [0.1, 0.15) is 44.3 Å². The number of rotatable bonds is 6. The highest BCUT2D eigenvalue weighted by Gasteiger charge is 2.21. The van der Waals surface area contributed by atoms with E-state index in [1.54, 1.807) is 7.05 Å². The number of aliphatic imine (C=N–C) groups is 1. The first kappa shape index (κ1) is 19.2. The zero-order valence-corrected chi connectivity index (χ0v) is 16.6. The Morgan fingerprint density at radius 2 is 2.30 bits per heavy atom. The molecular formula is C18H30N8O. The Morgan fingerprint density at radius 1 is 1.44 bits per heavy atom. The maximum atomic E-state index is 5.28. The Hall–Kier alpha value is -2.58. The standard InChI is InChI=1S/C18H30N8O/c1-13(2)17-23-16(27-24-17)7-8-20-18(19-3)22-14-6-5-9-26(11-14)15-10-21-25(4)12-15/h10,12-14H,5-9,11H2,1-4H3,(H2,19,20,22). The van der Waals surface area contributed by atoms with E-state index < -0.39 is 0 Å². The molecule has 1 unspecified atom stereocenters. The van der Waals surface area contributed by atoms with E-state index in [1.807, 2.05) is 17.9 Å². The van der Waals surface area contributed by atoms with Gasteiger partial charge in [0, 0.05) is 58.3 Å². The Balaban J connectivity index is 1.46. The molecule has 1 fully saturated rings. The van der Waals surface area contributed by atoms with Crippen molar-refractivity contribution in [1.82, 2.24) is 30.6 Å². The molecular weight excluding hydrogens is 344 g/mol. The first-order chi connectivity index (χ1) is 13.0. The molecule has 9 nitrogen and oxygen atoms in total. The van der Waals surface area contributed by atoms with Gasteiger partial charge in [0.2, 0.25) is 5.89 Å². The molecule has 1 aliphatic heterocycles. The summed E-state index contributed by atoms with van der Waals surface area (Å²) in [7, 11) is 3.74. The van der Waals surface area contributed by atoms with Gasteiger partial charge in [0.05, 0.1) is 11.9 Å². The Bertz CT molecular complexity index is 750. The average molecular weight is 374 g/mol. The molecule has 3 heterocycles. The van der Waals surface area contributed by atoms with E-state index in [2.05, 4.69) is 55.8 Å². The van der Waals surface area contributed by atoms with E-state index in [-0.39, 0.29) is 5.92 Å². The first-order valence-corrected chi connectivity index (χ1v) is 9.58. The van der Waals surface area contributed by atoms with Crippen molar-refractivity contribution < 1.29 is 4.52 Å². The lowest BCUT2D eigenvalue weighted by Gasteiger charge is -2.34. The number of hydrogen-bond donors (Lipinski definition) is 2. The lowest BCUT2D eigenvalue weighted by atomic mass is 10.1. The van der Waals surface area contributed by atoms with E-state index in [1.165, 1.54) is 5.69 Å². The van der Waals surface area contributed by atoms with Crippen molar-refractivity contribution >= 4 is 11.6 Å². The van der Waals surface area contributed by atoms with Crippen LogP contribution in [0.2, 0.25) is 0 Å². The number of guanidine groups is 1. The third kappa shape index (κ3) is 5.21. The molecule has 27 heavy (non-hydrogen) atoms. The third-order valence-electron chi connectivity index (χ3n) is 4.67. The Kier molecular flexibility index (Phi) is 6.31. The zero-order valence-electron chi connectivity index (χ0n) is 16.6. The summed E-state index contributed by atoms with van der Waals surface area (Å²) in [6.45, 7) is 6.80. The second kappa shape index (κ2) is 8.88. The maximum absolute atomic E-state index is 5.28. The molecule has 1 saturated heterocycles. The minimum absolute atomic E-state index is 0.277. The van der Waals surface area contributed by atoms with Gasteiger partial charge in [0.25, 0.3) is 0 Å². The molecule has 0 amide bonds. The summed E-state index contributed by atoms with van der Waals surface area (Å²) < 4.78 is 7.12. The summed E-state index contributed by atoms with van der Waals surface area (Å²) >= 11 is 0. The van der Waals surface area contributed by atoms with Gasteiger partial charge in [0.15, 0.2) is 11.8 Å². The van der Waals surface area contributed by atoms with E-state index in [9.17, 15) is 0 Å². The van der Waals surface area contributed by atoms with Crippen molar-refractivity contribution in [3.8, 4) is 0 Å². The van der Waals surface area contributed by atoms with Crippen molar-refractivity contribution in [1.29, 1.82) is 0 Å². The van der Waals surface area contributed by atoms with Crippen molar-refractivity contribution in [3.63, 3.8) is 0 Å². The smallest absolute Gasteiger partial charge is 0.228 e. The van der Waals surface area contributed by atoms with Crippen molar-refractivity contribution in [3.05, 3.63) is 24.1 Å². The lowest BCUT2D eigenvalue weighted by molar-refractivity contribution is 0.371. The lowest BCUT2D eigenvalue weighted by Crippen LogP contribution is -2.51. The second-order valence-corrected chi connectivity index (χ2v) is 7.25. The minimum atomic E-state index is 0.277. The average Bonchev–Trinajstić information content (AvgIpc) is 3.30. The fourth-order valence-electron chi connectivity index (χ4n) is 3.18. The number of piperidine rings is 1. The van der Waals surface area contributed by atoms with Crippen LogP contribution in [-0.4, -0.2) is 58.6 Å². The number of anilines is 1. The van der Waals surface area contributed by atoms with Gasteiger partial charge >= 0.3 is 0 Å². The molecule has 2 N–H and O–H groups in total. The van der Waals surface area contributed by atoms with Crippen LogP contribution in [0.4, 0.5) is 5.69 Å². The number of nitrogens with zero attached hydrogens (tertiary/aromatic N) is 6. The number of nitrogens with one attached hydrogen (secondary N) is 2. The Morgan fingerprint density at radius 3 is 2.96 bits per heavy atom. The van der Waals surface area contributed by atoms with E-state index >= 15 is 0 Å². The molecule has 148 valence electrons. The van der Waals surface area contributed by atoms with Crippen LogP contribution in [-0.2, 0) is 13.5 Å². The van der Waals surface area contributed by atoms with Crippen molar-refractivity contribution in [2.24, 2.45) is 12.0 Å². The highest BCUT2D eigenvalue weighted by atomic mass is 16.5. The monoisotopic (exact) mass is 374 g/mol. The van der Waals surface area contributed by atoms with Gasteiger partial charge in [-0.15, -0.1) is 0 Å². The number of hydrogen-bond acceptors (Lipinski definition) is 6. The zero-order chi connectivity index (χ0) is 19.2. The van der Waals surface area contributed by atoms with Crippen LogP contribution in [0.25, 0.3) is 0 Å². The molecule has 2 aromatic rings. The van der Waals surface area contributed by atoms with Gasteiger partial charge in [-0.05, 0) is 12.8 Å². The van der Waals surface area contributed by atoms with Crippen molar-refractivity contribution in [2.45, 2.75) is 45.1 Å². The molecule has 1 aliphatic rings. The molecule has 2 aromatic heterocycles. The number of aromatic nitrogens is 4. The quantitative estimate of drug-likeness (QED) is 0.581. The topological polar surface area (TPSA) is 96.4 Å². The summed E-state index contributed by atoms with van der Waals surface area (Å²) in [5, 5.41) is 15.1. The van der Waals surface area contributed by atoms with Crippen LogP contribution in [0, 0.1) is 0 Å². The molecule has 0 aliphatic carbocycles. The van der Waals surface area contributed by atoms with Gasteiger partial charge in [-0.1, -0.05) is 19.0 Å². The molecule has 9 heteroatoms. The SMILES string of the molecule is CN=C(NCCc1nc(C(C)C)no1)NC1CCCN(c2cnn(C)c2)C1. The van der Waals surface area contributed by atoms with Gasteiger partial charge in [-0.3, -0.25) is 9.67 Å². The predicted molar refractivity (Wildman–Crippen MR) is 105 cm³/mol. The molecule has 1 atom stereocenters. The summed E-state index contributed by atoms with van der Waals surface area (Å²) in [4.78, 5) is 11.1. The van der Waals surface area contributed by atoms with Gasteiger partial charge in [0.1, 0.15) is 0 Å². The normalized spacial score (nSPS) is 18.2. The highest BCUT2D eigenvalue weighted by Crippen LogP contribution is 2.18. The first-order valence-electron chi connectivity index (χ1n) is 9.58. The predicted octanol–water partition coefficient (Wildman–Crippen LogP) is 1.30. The fraction of sp³-hybridized carbons (Fsp3) is 0.667. The number of aryl methyl sites for hydroxylation is 1. The summed E-state index contributed by atoms with van der Waals surface area (Å²) in [5.41, 5.74) is 1.17.